The van der Waals surface area contributed by atoms with Gasteiger partial charge in [-0.05, 0) is 24.3 Å². The Bertz CT molecular complexity index is 787. The van der Waals surface area contributed by atoms with E-state index < -0.39 is 11.7 Å². The Balaban J connectivity index is 1.65. The summed E-state index contributed by atoms with van der Waals surface area (Å²) < 4.78 is 20.3. The molecule has 0 saturated heterocycles. The Morgan fingerprint density at radius 2 is 2.00 bits per heavy atom. The topological polar surface area (TPSA) is 68.5 Å². The van der Waals surface area contributed by atoms with Crippen molar-refractivity contribution >= 4 is 17.2 Å². The van der Waals surface area contributed by atoms with Crippen molar-refractivity contribution < 1.29 is 13.9 Å². The van der Waals surface area contributed by atoms with Gasteiger partial charge in [-0.3, -0.25) is 9.20 Å². The molecule has 0 atom stereocenters. The maximum atomic E-state index is 13.4. The van der Waals surface area contributed by atoms with Crippen LogP contribution in [0.4, 0.5) is 10.1 Å². The third-order valence-electron chi connectivity index (χ3n) is 2.76. The summed E-state index contributed by atoms with van der Waals surface area (Å²) in [6.07, 6.45) is 1.72. The number of carbonyl (C=O) groups excluding carboxylic acids is 1. The normalized spacial score (nSPS) is 10.5. The van der Waals surface area contributed by atoms with Crippen LogP contribution >= 0.6 is 0 Å². The van der Waals surface area contributed by atoms with Crippen LogP contribution in [0.5, 0.6) is 6.01 Å². The van der Waals surface area contributed by atoms with Crippen molar-refractivity contribution in [1.82, 2.24) is 14.6 Å². The van der Waals surface area contributed by atoms with Gasteiger partial charge in [0, 0.05) is 6.20 Å². The number of amides is 1. The van der Waals surface area contributed by atoms with E-state index in [4.69, 9.17) is 4.74 Å². The van der Waals surface area contributed by atoms with Gasteiger partial charge in [0.25, 0.3) is 5.91 Å². The number of hydrogen-bond acceptors (Lipinski definition) is 4. The van der Waals surface area contributed by atoms with E-state index in [1.54, 1.807) is 34.9 Å². The molecule has 0 spiro atoms. The average molecular weight is 286 g/mol. The van der Waals surface area contributed by atoms with Gasteiger partial charge >= 0.3 is 6.01 Å². The second-order valence-corrected chi connectivity index (χ2v) is 4.23. The summed E-state index contributed by atoms with van der Waals surface area (Å²) >= 11 is 0. The molecular formula is C14H11FN4O2. The molecule has 0 aliphatic carbocycles. The molecule has 1 amide bonds. The van der Waals surface area contributed by atoms with Crippen molar-refractivity contribution in [2.75, 3.05) is 11.9 Å². The Hall–Kier alpha value is -2.96. The van der Waals surface area contributed by atoms with E-state index in [0.29, 0.717) is 5.65 Å². The van der Waals surface area contributed by atoms with Crippen LogP contribution < -0.4 is 10.1 Å². The van der Waals surface area contributed by atoms with Gasteiger partial charge in [0.05, 0.1) is 5.69 Å². The SMILES string of the molecule is O=C(COc1nnc2ccccn12)Nc1ccccc1F. The quantitative estimate of drug-likeness (QED) is 0.795. The van der Waals surface area contributed by atoms with E-state index in [9.17, 15) is 9.18 Å². The van der Waals surface area contributed by atoms with Crippen LogP contribution in [-0.2, 0) is 4.79 Å². The number of rotatable bonds is 4. The van der Waals surface area contributed by atoms with Crippen LogP contribution in [0.25, 0.3) is 5.65 Å². The van der Waals surface area contributed by atoms with Gasteiger partial charge in [0.15, 0.2) is 12.3 Å². The summed E-state index contributed by atoms with van der Waals surface area (Å²) in [6, 6.07) is 11.5. The highest BCUT2D eigenvalue weighted by Gasteiger charge is 2.10. The number of para-hydroxylation sites is 1. The molecule has 0 bridgehead atoms. The lowest BCUT2D eigenvalue weighted by Gasteiger charge is -2.06. The second-order valence-electron chi connectivity index (χ2n) is 4.23. The first-order valence-electron chi connectivity index (χ1n) is 6.21. The molecule has 0 aliphatic rings. The molecule has 0 aliphatic heterocycles. The molecule has 21 heavy (non-hydrogen) atoms. The summed E-state index contributed by atoms with van der Waals surface area (Å²) in [6.45, 7) is -0.288. The summed E-state index contributed by atoms with van der Waals surface area (Å²) in [4.78, 5) is 11.7. The van der Waals surface area contributed by atoms with E-state index in [2.05, 4.69) is 15.5 Å². The molecular weight excluding hydrogens is 275 g/mol. The number of hydrogen-bond donors (Lipinski definition) is 1. The average Bonchev–Trinajstić information content (AvgIpc) is 2.91. The van der Waals surface area contributed by atoms with Gasteiger partial charge in [-0.2, -0.15) is 0 Å². The maximum Gasteiger partial charge on any atom is 0.322 e. The standard InChI is InChI=1S/C14H11FN4O2/c15-10-5-1-2-6-11(10)16-13(20)9-21-14-18-17-12-7-3-4-8-19(12)14/h1-8H,9H2,(H,16,20). The van der Waals surface area contributed by atoms with E-state index in [-0.39, 0.29) is 18.3 Å². The van der Waals surface area contributed by atoms with Gasteiger partial charge < -0.3 is 10.1 Å². The molecule has 0 fully saturated rings. The molecule has 0 unspecified atom stereocenters. The first-order chi connectivity index (χ1) is 10.2. The third kappa shape index (κ3) is 2.81. The lowest BCUT2D eigenvalue weighted by Crippen LogP contribution is -2.21. The zero-order valence-corrected chi connectivity index (χ0v) is 10.9. The van der Waals surface area contributed by atoms with Gasteiger partial charge in [0.1, 0.15) is 5.82 Å². The minimum absolute atomic E-state index is 0.109. The van der Waals surface area contributed by atoms with E-state index in [1.165, 1.54) is 12.1 Å². The van der Waals surface area contributed by atoms with Crippen LogP contribution in [-0.4, -0.2) is 27.1 Å². The summed E-state index contributed by atoms with van der Waals surface area (Å²) in [5, 5.41) is 10.1. The Kier molecular flexibility index (Phi) is 3.46. The number of nitrogens with zero attached hydrogens (tertiary/aromatic N) is 3. The number of ether oxygens (including phenoxy) is 1. The minimum Gasteiger partial charge on any atom is -0.453 e. The van der Waals surface area contributed by atoms with Gasteiger partial charge in [-0.15, -0.1) is 5.10 Å². The molecule has 1 N–H and O–H groups in total. The predicted molar refractivity (Wildman–Crippen MR) is 73.5 cm³/mol. The molecule has 1 aromatic carbocycles. The highest BCUT2D eigenvalue weighted by molar-refractivity contribution is 5.91. The Morgan fingerprint density at radius 3 is 2.86 bits per heavy atom. The van der Waals surface area contributed by atoms with Gasteiger partial charge in [-0.1, -0.05) is 23.3 Å². The van der Waals surface area contributed by atoms with Crippen LogP contribution in [0.15, 0.2) is 48.7 Å². The lowest BCUT2D eigenvalue weighted by molar-refractivity contribution is -0.118. The van der Waals surface area contributed by atoms with Crippen molar-refractivity contribution in [3.8, 4) is 6.01 Å². The van der Waals surface area contributed by atoms with Crippen molar-refractivity contribution in [1.29, 1.82) is 0 Å². The highest BCUT2D eigenvalue weighted by Crippen LogP contribution is 2.13. The summed E-state index contributed by atoms with van der Waals surface area (Å²) in [5.41, 5.74) is 0.721. The number of carbonyl (C=O) groups is 1. The molecule has 3 aromatic rings. The molecule has 0 radical (unpaired) electrons. The predicted octanol–water partition coefficient (Wildman–Crippen LogP) is 1.89. The maximum absolute atomic E-state index is 13.4. The van der Waals surface area contributed by atoms with Gasteiger partial charge in [0.2, 0.25) is 0 Å². The molecule has 0 saturated carbocycles. The van der Waals surface area contributed by atoms with E-state index in [0.717, 1.165) is 0 Å². The van der Waals surface area contributed by atoms with Crippen LogP contribution in [0, 0.1) is 5.82 Å². The summed E-state index contributed by atoms with van der Waals surface area (Å²) in [5.74, 6) is -0.980. The zero-order valence-electron chi connectivity index (χ0n) is 10.9. The summed E-state index contributed by atoms with van der Waals surface area (Å²) in [7, 11) is 0. The van der Waals surface area contributed by atoms with Gasteiger partial charge in [-0.25, -0.2) is 4.39 Å². The van der Waals surface area contributed by atoms with E-state index in [1.807, 2.05) is 6.07 Å². The largest absolute Gasteiger partial charge is 0.453 e. The number of fused-ring (bicyclic) bond motifs is 1. The van der Waals surface area contributed by atoms with Crippen LogP contribution in [0.2, 0.25) is 0 Å². The van der Waals surface area contributed by atoms with Crippen LogP contribution in [0.3, 0.4) is 0 Å². The third-order valence-corrected chi connectivity index (χ3v) is 2.76. The molecule has 3 rings (SSSR count). The number of benzene rings is 1. The van der Waals surface area contributed by atoms with E-state index >= 15 is 0 Å². The smallest absolute Gasteiger partial charge is 0.322 e. The fraction of sp³-hybridized carbons (Fsp3) is 0.0714. The van der Waals surface area contributed by atoms with Crippen molar-refractivity contribution in [3.63, 3.8) is 0 Å². The monoisotopic (exact) mass is 286 g/mol. The number of halogens is 1. The molecule has 2 heterocycles. The molecule has 2 aromatic heterocycles. The van der Waals surface area contributed by atoms with Crippen molar-refractivity contribution in [3.05, 3.63) is 54.5 Å². The number of aromatic nitrogens is 3. The number of anilines is 1. The fourth-order valence-corrected chi connectivity index (χ4v) is 1.80. The molecule has 7 heteroatoms. The van der Waals surface area contributed by atoms with Crippen molar-refractivity contribution in [2.24, 2.45) is 0 Å². The first-order valence-corrected chi connectivity index (χ1v) is 6.21. The molecule has 6 nitrogen and oxygen atoms in total. The Morgan fingerprint density at radius 1 is 1.19 bits per heavy atom. The number of pyridine rings is 1. The number of nitrogens with one attached hydrogen (secondary N) is 1. The zero-order chi connectivity index (χ0) is 14.7. The van der Waals surface area contributed by atoms with Crippen molar-refractivity contribution in [2.45, 2.75) is 0 Å². The molecule has 106 valence electrons. The first kappa shape index (κ1) is 13.0. The fourth-order valence-electron chi connectivity index (χ4n) is 1.80. The Labute approximate surface area is 119 Å². The van der Waals surface area contributed by atoms with Crippen LogP contribution in [0.1, 0.15) is 0 Å². The second kappa shape index (κ2) is 5.58. The lowest BCUT2D eigenvalue weighted by atomic mass is 10.3. The minimum atomic E-state index is -0.501. The highest BCUT2D eigenvalue weighted by atomic mass is 19.1.